The molecule has 148 valence electrons. The average molecular weight is 449 g/mol. The van der Waals surface area contributed by atoms with E-state index in [-0.39, 0.29) is 11.4 Å². The van der Waals surface area contributed by atoms with Crippen molar-refractivity contribution in [1.29, 1.82) is 0 Å². The first-order valence-electron chi connectivity index (χ1n) is 9.08. The number of ether oxygens (including phenoxy) is 1. The van der Waals surface area contributed by atoms with Gasteiger partial charge in [-0.2, -0.15) is 0 Å². The zero-order valence-corrected chi connectivity index (χ0v) is 16.8. The van der Waals surface area contributed by atoms with Gasteiger partial charge in [-0.25, -0.2) is 9.78 Å². The molecule has 0 radical (unpaired) electrons. The van der Waals surface area contributed by atoms with Crippen molar-refractivity contribution in [3.8, 4) is 5.75 Å². The van der Waals surface area contributed by atoms with E-state index in [1.54, 1.807) is 0 Å². The third-order valence-corrected chi connectivity index (χ3v) is 5.20. The number of hydrogen-bond acceptors (Lipinski definition) is 6. The molecule has 0 spiro atoms. The van der Waals surface area contributed by atoms with Crippen LogP contribution in [0.5, 0.6) is 5.75 Å². The van der Waals surface area contributed by atoms with Crippen LogP contribution in [0.3, 0.4) is 0 Å². The second kappa shape index (κ2) is 9.50. The number of carbonyl (C=O) groups is 1. The molecule has 1 fully saturated rings. The number of hydrogen-bond donors (Lipinski definition) is 1. The Bertz CT molecular complexity index is 806. The molecular weight excluding hydrogens is 428 g/mol. The lowest BCUT2D eigenvalue weighted by molar-refractivity contribution is -0.384. The van der Waals surface area contributed by atoms with Gasteiger partial charge < -0.3 is 15.0 Å². The molecule has 1 aromatic carbocycles. The number of pyridine rings is 1. The van der Waals surface area contributed by atoms with Crippen LogP contribution in [0.2, 0.25) is 0 Å². The van der Waals surface area contributed by atoms with E-state index in [0.717, 1.165) is 42.6 Å². The van der Waals surface area contributed by atoms with Crippen molar-refractivity contribution in [2.45, 2.75) is 19.3 Å². The number of non-ortho nitro benzene ring substituents is 1. The van der Waals surface area contributed by atoms with E-state index in [1.165, 1.54) is 24.3 Å². The number of nitrogens with one attached hydrogen (secondary N) is 1. The number of nitro groups is 1. The molecule has 3 rings (SSSR count). The molecule has 28 heavy (non-hydrogen) atoms. The smallest absolute Gasteiger partial charge is 0.410 e. The Morgan fingerprint density at radius 2 is 1.96 bits per heavy atom. The van der Waals surface area contributed by atoms with Gasteiger partial charge >= 0.3 is 6.09 Å². The average Bonchev–Trinajstić information content (AvgIpc) is 2.69. The largest absolute Gasteiger partial charge is 0.412 e. The van der Waals surface area contributed by atoms with Gasteiger partial charge in [0.15, 0.2) is 0 Å². The minimum Gasteiger partial charge on any atom is -0.410 e. The molecule has 0 atom stereocenters. The van der Waals surface area contributed by atoms with Gasteiger partial charge in [-0.3, -0.25) is 10.1 Å². The van der Waals surface area contributed by atoms with Crippen LogP contribution in [0.15, 0.2) is 47.1 Å². The number of piperidine rings is 1. The van der Waals surface area contributed by atoms with Gasteiger partial charge in [-0.05, 0) is 65.4 Å². The van der Waals surface area contributed by atoms with E-state index >= 15 is 0 Å². The molecular formula is C19H21BrN4O4. The quantitative estimate of drug-likeness (QED) is 0.526. The summed E-state index contributed by atoms with van der Waals surface area (Å²) in [5.74, 6) is 1.82. The summed E-state index contributed by atoms with van der Waals surface area (Å²) in [6.45, 7) is 2.44. The predicted octanol–water partition coefficient (Wildman–Crippen LogP) is 4.15. The lowest BCUT2D eigenvalue weighted by Crippen LogP contribution is -2.36. The van der Waals surface area contributed by atoms with Crippen molar-refractivity contribution in [2.75, 3.05) is 24.5 Å². The number of nitro benzene ring substituents is 1. The van der Waals surface area contributed by atoms with E-state index in [4.69, 9.17) is 4.74 Å². The van der Waals surface area contributed by atoms with Gasteiger partial charge in [-0.15, -0.1) is 0 Å². The lowest BCUT2D eigenvalue weighted by Gasteiger charge is -2.32. The molecule has 2 aromatic rings. The Balaban J connectivity index is 1.35. The van der Waals surface area contributed by atoms with Crippen LogP contribution in [-0.2, 0) is 0 Å². The zero-order valence-electron chi connectivity index (χ0n) is 15.2. The fourth-order valence-corrected chi connectivity index (χ4v) is 3.40. The van der Waals surface area contributed by atoms with Crippen LogP contribution < -0.4 is 15.0 Å². The molecule has 9 heteroatoms. The highest BCUT2D eigenvalue weighted by Crippen LogP contribution is 2.24. The number of aromatic nitrogens is 1. The molecule has 0 unspecified atom stereocenters. The number of nitrogens with zero attached hydrogens (tertiary/aromatic N) is 3. The van der Waals surface area contributed by atoms with Crippen molar-refractivity contribution >= 4 is 33.5 Å². The number of anilines is 1. The highest BCUT2D eigenvalue weighted by Gasteiger charge is 2.20. The van der Waals surface area contributed by atoms with E-state index in [1.807, 2.05) is 18.3 Å². The highest BCUT2D eigenvalue weighted by molar-refractivity contribution is 9.10. The Labute approximate surface area is 171 Å². The van der Waals surface area contributed by atoms with Crippen molar-refractivity contribution in [3.63, 3.8) is 0 Å². The van der Waals surface area contributed by atoms with Gasteiger partial charge in [0.2, 0.25) is 0 Å². The monoisotopic (exact) mass is 448 g/mol. The first kappa shape index (κ1) is 20.1. The number of benzene rings is 1. The summed E-state index contributed by atoms with van der Waals surface area (Å²) in [7, 11) is 0. The maximum Gasteiger partial charge on any atom is 0.412 e. The van der Waals surface area contributed by atoms with Gasteiger partial charge in [-0.1, -0.05) is 0 Å². The van der Waals surface area contributed by atoms with Crippen molar-refractivity contribution in [3.05, 3.63) is 57.2 Å². The van der Waals surface area contributed by atoms with Crippen LogP contribution in [0.25, 0.3) is 0 Å². The first-order valence-corrected chi connectivity index (χ1v) is 9.87. The first-order chi connectivity index (χ1) is 13.5. The topological polar surface area (TPSA) is 97.6 Å². The summed E-state index contributed by atoms with van der Waals surface area (Å²) >= 11 is 3.40. The van der Waals surface area contributed by atoms with E-state index < -0.39 is 11.0 Å². The van der Waals surface area contributed by atoms with Crippen molar-refractivity contribution < 1.29 is 14.5 Å². The lowest BCUT2D eigenvalue weighted by atomic mass is 9.93. The third kappa shape index (κ3) is 5.66. The Hall–Kier alpha value is -2.68. The summed E-state index contributed by atoms with van der Waals surface area (Å²) < 4.78 is 6.10. The van der Waals surface area contributed by atoms with Crippen LogP contribution in [0, 0.1) is 16.0 Å². The van der Waals surface area contributed by atoms with Crippen molar-refractivity contribution in [2.24, 2.45) is 5.92 Å². The fraction of sp³-hybridized carbons (Fsp3) is 0.368. The summed E-state index contributed by atoms with van der Waals surface area (Å²) in [6, 6.07) is 9.43. The molecule has 0 saturated carbocycles. The standard InChI is InChI=1S/C19H21BrN4O4/c20-15-1-6-18(22-13-15)23-11-8-14(9-12-23)7-10-21-19(25)28-17-4-2-16(3-5-17)24(26)27/h1-6,13-14H,7-12H2,(H,21,25). The molecule has 1 aromatic heterocycles. The molecule has 1 aliphatic heterocycles. The van der Waals surface area contributed by atoms with E-state index in [2.05, 4.69) is 31.1 Å². The predicted molar refractivity (Wildman–Crippen MR) is 109 cm³/mol. The molecule has 8 nitrogen and oxygen atoms in total. The Kier molecular flexibility index (Phi) is 6.80. The van der Waals surface area contributed by atoms with Crippen LogP contribution in [0.1, 0.15) is 19.3 Å². The summed E-state index contributed by atoms with van der Waals surface area (Å²) in [6.07, 6.45) is 4.25. The molecule has 0 aliphatic carbocycles. The zero-order chi connectivity index (χ0) is 19.9. The van der Waals surface area contributed by atoms with Crippen LogP contribution in [0.4, 0.5) is 16.3 Å². The summed E-state index contributed by atoms with van der Waals surface area (Å²) in [5.41, 5.74) is -0.0440. The molecule has 2 heterocycles. The van der Waals surface area contributed by atoms with Gasteiger partial charge in [0.05, 0.1) is 4.92 Å². The SMILES string of the molecule is O=C(NCCC1CCN(c2ccc(Br)cn2)CC1)Oc1ccc([N+](=O)[O-])cc1. The molecule has 1 amide bonds. The minimum atomic E-state index is -0.551. The van der Waals surface area contributed by atoms with Gasteiger partial charge in [0.1, 0.15) is 11.6 Å². The molecule has 1 N–H and O–H groups in total. The van der Waals surface area contributed by atoms with Crippen LogP contribution in [-0.4, -0.2) is 35.6 Å². The minimum absolute atomic E-state index is 0.0440. The summed E-state index contributed by atoms with van der Waals surface area (Å²) in [5, 5.41) is 13.4. The highest BCUT2D eigenvalue weighted by atomic mass is 79.9. The number of amides is 1. The Morgan fingerprint density at radius 1 is 1.25 bits per heavy atom. The number of rotatable bonds is 6. The van der Waals surface area contributed by atoms with E-state index in [0.29, 0.717) is 12.5 Å². The van der Waals surface area contributed by atoms with Gasteiger partial charge in [0.25, 0.3) is 5.69 Å². The van der Waals surface area contributed by atoms with Gasteiger partial charge in [0, 0.05) is 42.4 Å². The number of halogens is 1. The second-order valence-electron chi connectivity index (χ2n) is 6.62. The maximum atomic E-state index is 11.8. The fourth-order valence-electron chi connectivity index (χ4n) is 3.16. The maximum absolute atomic E-state index is 11.8. The number of carbonyl (C=O) groups excluding carboxylic acids is 1. The third-order valence-electron chi connectivity index (χ3n) is 4.73. The summed E-state index contributed by atoms with van der Waals surface area (Å²) in [4.78, 5) is 28.7. The molecule has 1 aliphatic rings. The van der Waals surface area contributed by atoms with Crippen LogP contribution >= 0.6 is 15.9 Å². The Morgan fingerprint density at radius 3 is 2.57 bits per heavy atom. The van der Waals surface area contributed by atoms with Crippen molar-refractivity contribution in [1.82, 2.24) is 10.3 Å². The second-order valence-corrected chi connectivity index (χ2v) is 7.54. The van der Waals surface area contributed by atoms with E-state index in [9.17, 15) is 14.9 Å². The molecule has 1 saturated heterocycles. The molecule has 0 bridgehead atoms. The normalized spacial score (nSPS) is 14.5.